The van der Waals surface area contributed by atoms with E-state index in [1.165, 1.54) is 0 Å². The number of anilines is 1. The molecule has 0 fully saturated rings. The molecule has 0 aromatic heterocycles. The summed E-state index contributed by atoms with van der Waals surface area (Å²) in [6.45, 7) is 8.73. The van der Waals surface area contributed by atoms with Crippen LogP contribution in [0.4, 0.5) is 5.69 Å². The summed E-state index contributed by atoms with van der Waals surface area (Å²) in [6, 6.07) is 5.76. The van der Waals surface area contributed by atoms with Gasteiger partial charge in [-0.1, -0.05) is 26.0 Å². The smallest absolute Gasteiger partial charge is 0.0917 e. The quantitative estimate of drug-likeness (QED) is 0.749. The molecule has 1 rings (SSSR count). The van der Waals surface area contributed by atoms with E-state index in [9.17, 15) is 5.11 Å². The second-order valence-corrected chi connectivity index (χ2v) is 4.12. The van der Waals surface area contributed by atoms with Gasteiger partial charge in [-0.25, -0.2) is 0 Å². The molecule has 1 aromatic carbocycles. The molecule has 0 heterocycles. The number of nitrogen functional groups attached to an aromatic ring is 1. The highest BCUT2D eigenvalue weighted by atomic mass is 16.3. The molecule has 0 aliphatic rings. The van der Waals surface area contributed by atoms with Crippen LogP contribution in [0.3, 0.4) is 0 Å². The van der Waals surface area contributed by atoms with Crippen molar-refractivity contribution in [1.29, 1.82) is 0 Å². The van der Waals surface area contributed by atoms with Crippen LogP contribution in [0.1, 0.15) is 31.1 Å². The fourth-order valence-electron chi connectivity index (χ4n) is 1.70. The minimum absolute atomic E-state index is 0.456. The molecule has 1 atom stereocenters. The van der Waals surface area contributed by atoms with E-state index >= 15 is 0 Å². The Bertz CT molecular complexity index is 335. The highest BCUT2D eigenvalue weighted by molar-refractivity contribution is 5.48. The molecule has 1 aromatic rings. The minimum atomic E-state index is -0.456. The molecule has 3 heteroatoms. The molecule has 0 saturated heterocycles. The standard InChI is InChI=1S/C13H22N2O/c1-4-15(5-2)9-13(16)11-7-6-10(3)12(14)8-11/h6-8,13,16H,4-5,9,14H2,1-3H3. The van der Waals surface area contributed by atoms with Gasteiger partial charge in [-0.15, -0.1) is 0 Å². The van der Waals surface area contributed by atoms with Crippen molar-refractivity contribution in [2.45, 2.75) is 26.9 Å². The van der Waals surface area contributed by atoms with Gasteiger partial charge in [-0.3, -0.25) is 0 Å². The zero-order chi connectivity index (χ0) is 12.1. The number of hydrogen-bond acceptors (Lipinski definition) is 3. The molecule has 0 aliphatic carbocycles. The van der Waals surface area contributed by atoms with Crippen LogP contribution in [0.15, 0.2) is 18.2 Å². The number of aryl methyl sites for hydroxylation is 1. The van der Waals surface area contributed by atoms with Gasteiger partial charge in [0.15, 0.2) is 0 Å². The summed E-state index contributed by atoms with van der Waals surface area (Å²) in [5, 5.41) is 10.1. The highest BCUT2D eigenvalue weighted by Gasteiger charge is 2.11. The molecule has 90 valence electrons. The topological polar surface area (TPSA) is 49.5 Å². The van der Waals surface area contributed by atoms with E-state index in [1.807, 2.05) is 25.1 Å². The van der Waals surface area contributed by atoms with Crippen LogP contribution in [-0.4, -0.2) is 29.6 Å². The van der Waals surface area contributed by atoms with Crippen LogP contribution in [0, 0.1) is 6.92 Å². The number of nitrogens with zero attached hydrogens (tertiary/aromatic N) is 1. The molecule has 0 saturated carbocycles. The van der Waals surface area contributed by atoms with Crippen molar-refractivity contribution >= 4 is 5.69 Å². The minimum Gasteiger partial charge on any atom is -0.399 e. The molecular weight excluding hydrogens is 200 g/mol. The van der Waals surface area contributed by atoms with Crippen molar-refractivity contribution in [1.82, 2.24) is 4.90 Å². The third-order valence-electron chi connectivity index (χ3n) is 3.01. The maximum absolute atomic E-state index is 10.1. The number of rotatable bonds is 5. The summed E-state index contributed by atoms with van der Waals surface area (Å²) in [6.07, 6.45) is -0.456. The van der Waals surface area contributed by atoms with Crippen LogP contribution in [-0.2, 0) is 0 Å². The Kier molecular flexibility index (Phi) is 4.77. The normalized spacial score (nSPS) is 13.1. The number of aliphatic hydroxyl groups is 1. The maximum atomic E-state index is 10.1. The van der Waals surface area contributed by atoms with Crippen LogP contribution in [0.25, 0.3) is 0 Å². The monoisotopic (exact) mass is 222 g/mol. The molecule has 3 N–H and O–H groups in total. The molecule has 1 unspecified atom stereocenters. The Morgan fingerprint density at radius 3 is 2.44 bits per heavy atom. The van der Waals surface area contributed by atoms with E-state index in [1.54, 1.807) is 0 Å². The van der Waals surface area contributed by atoms with Gasteiger partial charge in [0.25, 0.3) is 0 Å². The first-order valence-corrected chi connectivity index (χ1v) is 5.84. The molecule has 3 nitrogen and oxygen atoms in total. The second kappa shape index (κ2) is 5.87. The van der Waals surface area contributed by atoms with Gasteiger partial charge in [0, 0.05) is 12.2 Å². The zero-order valence-electron chi connectivity index (χ0n) is 10.4. The third-order valence-corrected chi connectivity index (χ3v) is 3.01. The Hall–Kier alpha value is -1.06. The Morgan fingerprint density at radius 2 is 1.94 bits per heavy atom. The lowest BCUT2D eigenvalue weighted by Crippen LogP contribution is -2.28. The predicted molar refractivity (Wildman–Crippen MR) is 68.3 cm³/mol. The SMILES string of the molecule is CCN(CC)CC(O)c1ccc(C)c(N)c1. The van der Waals surface area contributed by atoms with Crippen LogP contribution < -0.4 is 5.73 Å². The second-order valence-electron chi connectivity index (χ2n) is 4.12. The number of hydrogen-bond donors (Lipinski definition) is 2. The van der Waals surface area contributed by atoms with Gasteiger partial charge < -0.3 is 15.7 Å². The van der Waals surface area contributed by atoms with Crippen LogP contribution >= 0.6 is 0 Å². The number of nitrogens with two attached hydrogens (primary N) is 1. The van der Waals surface area contributed by atoms with Crippen molar-refractivity contribution in [3.05, 3.63) is 29.3 Å². The van der Waals surface area contributed by atoms with Gasteiger partial charge in [0.05, 0.1) is 6.10 Å². The Balaban J connectivity index is 2.72. The van der Waals surface area contributed by atoms with Crippen LogP contribution in [0.2, 0.25) is 0 Å². The predicted octanol–water partition coefficient (Wildman–Crippen LogP) is 1.95. The van der Waals surface area contributed by atoms with Gasteiger partial charge in [0.2, 0.25) is 0 Å². The first-order valence-electron chi connectivity index (χ1n) is 5.84. The first-order chi connectivity index (χ1) is 7.58. The summed E-state index contributed by atoms with van der Waals surface area (Å²) in [4.78, 5) is 2.20. The van der Waals surface area contributed by atoms with Crippen molar-refractivity contribution in [2.24, 2.45) is 0 Å². The van der Waals surface area contributed by atoms with Gasteiger partial charge in [0.1, 0.15) is 0 Å². The lowest BCUT2D eigenvalue weighted by molar-refractivity contribution is 0.119. The van der Waals surface area contributed by atoms with Gasteiger partial charge >= 0.3 is 0 Å². The molecule has 0 amide bonds. The molecule has 0 radical (unpaired) electrons. The Morgan fingerprint density at radius 1 is 1.31 bits per heavy atom. The summed E-state index contributed by atoms with van der Waals surface area (Å²) < 4.78 is 0. The van der Waals surface area contributed by atoms with E-state index in [4.69, 9.17) is 5.73 Å². The highest BCUT2D eigenvalue weighted by Crippen LogP contribution is 2.19. The van der Waals surface area contributed by atoms with E-state index < -0.39 is 6.10 Å². The zero-order valence-corrected chi connectivity index (χ0v) is 10.4. The van der Waals surface area contributed by atoms with Crippen LogP contribution in [0.5, 0.6) is 0 Å². The molecule has 0 bridgehead atoms. The average Bonchev–Trinajstić information content (AvgIpc) is 2.29. The molecular formula is C13H22N2O. The van der Waals surface area contributed by atoms with E-state index in [-0.39, 0.29) is 0 Å². The summed E-state index contributed by atoms with van der Waals surface area (Å²) in [7, 11) is 0. The van der Waals surface area contributed by atoms with Crippen molar-refractivity contribution in [2.75, 3.05) is 25.4 Å². The van der Waals surface area contributed by atoms with E-state index in [0.29, 0.717) is 6.54 Å². The fraction of sp³-hybridized carbons (Fsp3) is 0.538. The molecule has 0 spiro atoms. The number of likely N-dealkylation sites (N-methyl/N-ethyl adjacent to an activating group) is 1. The van der Waals surface area contributed by atoms with E-state index in [2.05, 4.69) is 18.7 Å². The van der Waals surface area contributed by atoms with Crippen molar-refractivity contribution < 1.29 is 5.11 Å². The lowest BCUT2D eigenvalue weighted by Gasteiger charge is -2.22. The maximum Gasteiger partial charge on any atom is 0.0917 e. The molecule has 0 aliphatic heterocycles. The van der Waals surface area contributed by atoms with Crippen molar-refractivity contribution in [3.63, 3.8) is 0 Å². The summed E-state index contributed by atoms with van der Waals surface area (Å²) in [5.41, 5.74) is 8.53. The summed E-state index contributed by atoms with van der Waals surface area (Å²) >= 11 is 0. The average molecular weight is 222 g/mol. The third kappa shape index (κ3) is 3.22. The van der Waals surface area contributed by atoms with Gasteiger partial charge in [-0.05, 0) is 37.2 Å². The number of benzene rings is 1. The summed E-state index contributed by atoms with van der Waals surface area (Å²) in [5.74, 6) is 0. The largest absolute Gasteiger partial charge is 0.399 e. The number of aliphatic hydroxyl groups excluding tert-OH is 1. The Labute approximate surface area is 97.9 Å². The van der Waals surface area contributed by atoms with Crippen molar-refractivity contribution in [3.8, 4) is 0 Å². The lowest BCUT2D eigenvalue weighted by atomic mass is 10.1. The first kappa shape index (κ1) is 13.0. The fourth-order valence-corrected chi connectivity index (χ4v) is 1.70. The molecule has 16 heavy (non-hydrogen) atoms. The van der Waals surface area contributed by atoms with E-state index in [0.717, 1.165) is 29.9 Å². The van der Waals surface area contributed by atoms with Gasteiger partial charge in [-0.2, -0.15) is 0 Å².